The summed E-state index contributed by atoms with van der Waals surface area (Å²) in [4.78, 5) is 16.7. The van der Waals surface area contributed by atoms with E-state index in [1.807, 2.05) is 36.4 Å². The molecule has 7 heteroatoms. The molecule has 1 amide bonds. The van der Waals surface area contributed by atoms with Crippen molar-refractivity contribution in [3.8, 4) is 22.6 Å². The van der Waals surface area contributed by atoms with Crippen molar-refractivity contribution >= 4 is 55.2 Å². The van der Waals surface area contributed by atoms with Crippen LogP contribution in [0.4, 0.5) is 5.82 Å². The van der Waals surface area contributed by atoms with Crippen molar-refractivity contribution < 1.29 is 14.6 Å². The Morgan fingerprint density at radius 3 is 2.68 bits per heavy atom. The fourth-order valence-electron chi connectivity index (χ4n) is 3.13. The van der Waals surface area contributed by atoms with Crippen molar-refractivity contribution in [3.63, 3.8) is 0 Å². The van der Waals surface area contributed by atoms with E-state index in [1.54, 1.807) is 25.4 Å². The van der Waals surface area contributed by atoms with Gasteiger partial charge in [-0.25, -0.2) is 4.98 Å². The monoisotopic (exact) mass is 500 g/mol. The van der Waals surface area contributed by atoms with Gasteiger partial charge in [-0.3, -0.25) is 4.79 Å². The number of aromatic hydroxyl groups is 1. The normalized spacial score (nSPS) is 14.1. The smallest absolute Gasteiger partial charge is 0.257 e. The number of carbonyl (C=O) groups excluding carboxylic acids is 1. The molecule has 0 spiro atoms. The molecule has 2 aromatic carbocycles. The summed E-state index contributed by atoms with van der Waals surface area (Å²) in [6, 6.07) is 12.9. The number of benzene rings is 2. The van der Waals surface area contributed by atoms with E-state index >= 15 is 0 Å². The van der Waals surface area contributed by atoms with E-state index < -0.39 is 0 Å². The minimum atomic E-state index is -0.219. The fourth-order valence-corrected chi connectivity index (χ4v) is 3.94. The van der Waals surface area contributed by atoms with Gasteiger partial charge in [0.05, 0.1) is 17.2 Å². The number of nitrogens with one attached hydrogen (secondary N) is 1. The zero-order valence-electron chi connectivity index (χ0n) is 14.7. The Labute approximate surface area is 178 Å². The summed E-state index contributed by atoms with van der Waals surface area (Å²) in [6.45, 7) is 0. The molecule has 2 N–H and O–H groups in total. The second-order valence-electron chi connectivity index (χ2n) is 6.16. The molecule has 0 atom stereocenters. The summed E-state index contributed by atoms with van der Waals surface area (Å²) in [5, 5.41) is 13.3. The highest BCUT2D eigenvalue weighted by molar-refractivity contribution is 9.10. The number of ether oxygens (including phenoxy) is 1. The Hall–Kier alpha value is -2.64. The molecule has 0 bridgehead atoms. The number of phenols is 1. The number of pyridine rings is 1. The van der Waals surface area contributed by atoms with Gasteiger partial charge in [0.15, 0.2) is 0 Å². The molecule has 0 saturated carbocycles. The average Bonchev–Trinajstić information content (AvgIpc) is 2.99. The molecule has 0 aliphatic carbocycles. The van der Waals surface area contributed by atoms with Crippen LogP contribution in [0.3, 0.4) is 0 Å². The van der Waals surface area contributed by atoms with Crippen molar-refractivity contribution in [1.29, 1.82) is 0 Å². The molecule has 0 radical (unpaired) electrons. The Kier molecular flexibility index (Phi) is 4.95. The predicted molar refractivity (Wildman–Crippen MR) is 116 cm³/mol. The molecule has 1 aliphatic heterocycles. The van der Waals surface area contributed by atoms with E-state index in [4.69, 9.17) is 4.74 Å². The number of amides is 1. The largest absolute Gasteiger partial charge is 0.506 e. The molecule has 28 heavy (non-hydrogen) atoms. The van der Waals surface area contributed by atoms with Gasteiger partial charge in [-0.1, -0.05) is 18.2 Å². The van der Waals surface area contributed by atoms with Crippen molar-refractivity contribution in [2.45, 2.75) is 0 Å². The van der Waals surface area contributed by atoms with Crippen LogP contribution in [0.15, 0.2) is 57.6 Å². The zero-order valence-corrected chi connectivity index (χ0v) is 17.8. The number of phenolic OH excluding ortho intramolecular Hbond substituents is 1. The van der Waals surface area contributed by atoms with E-state index in [0.29, 0.717) is 27.2 Å². The second-order valence-corrected chi connectivity index (χ2v) is 7.93. The number of para-hydroxylation sites is 1. The maximum Gasteiger partial charge on any atom is 0.257 e. The van der Waals surface area contributed by atoms with E-state index in [2.05, 4.69) is 42.2 Å². The van der Waals surface area contributed by atoms with Gasteiger partial charge in [0.25, 0.3) is 5.91 Å². The second kappa shape index (κ2) is 7.41. The van der Waals surface area contributed by atoms with Gasteiger partial charge in [-0.05, 0) is 67.8 Å². The number of hydrogen-bond donors (Lipinski definition) is 2. The van der Waals surface area contributed by atoms with Crippen LogP contribution in [0.2, 0.25) is 0 Å². The molecule has 1 aromatic heterocycles. The van der Waals surface area contributed by atoms with E-state index in [0.717, 1.165) is 21.2 Å². The molecule has 3 aromatic rings. The van der Waals surface area contributed by atoms with Gasteiger partial charge < -0.3 is 15.2 Å². The van der Waals surface area contributed by atoms with E-state index in [1.165, 1.54) is 0 Å². The minimum absolute atomic E-state index is 0.104. The first-order valence-electron chi connectivity index (χ1n) is 8.33. The maximum atomic E-state index is 12.4. The Bertz CT molecular complexity index is 1140. The number of nitrogens with zero attached hydrogens (tertiary/aromatic N) is 1. The van der Waals surface area contributed by atoms with Crippen molar-refractivity contribution in [3.05, 3.63) is 68.7 Å². The number of carbonyl (C=O) groups is 1. The lowest BCUT2D eigenvalue weighted by molar-refractivity contribution is -0.110. The van der Waals surface area contributed by atoms with Crippen LogP contribution in [0, 0.1) is 0 Å². The molecule has 1 aliphatic rings. The standard InChI is InChI=1S/C21H14Br2N2O3/c1-28-18-5-3-2-4-13(18)14-6-11(8-17(23)19(14)26)7-16-15-9-12(22)10-24-20(15)25-21(16)27/h2-10,26H,1H3,(H,24,25,27)/b16-7+. The summed E-state index contributed by atoms with van der Waals surface area (Å²) in [6.07, 6.45) is 3.41. The maximum absolute atomic E-state index is 12.4. The van der Waals surface area contributed by atoms with Crippen molar-refractivity contribution in [2.75, 3.05) is 12.4 Å². The van der Waals surface area contributed by atoms with Gasteiger partial charge in [0, 0.05) is 27.4 Å². The van der Waals surface area contributed by atoms with Gasteiger partial charge in [0.2, 0.25) is 0 Å². The number of halogens is 2. The number of aromatic nitrogens is 1. The van der Waals surface area contributed by atoms with Crippen LogP contribution in [-0.2, 0) is 4.79 Å². The molecule has 2 heterocycles. The summed E-state index contributed by atoms with van der Waals surface area (Å²) in [7, 11) is 1.58. The van der Waals surface area contributed by atoms with Crippen LogP contribution in [0.5, 0.6) is 11.5 Å². The highest BCUT2D eigenvalue weighted by Gasteiger charge is 2.26. The van der Waals surface area contributed by atoms with Gasteiger partial charge in [0.1, 0.15) is 17.3 Å². The van der Waals surface area contributed by atoms with Gasteiger partial charge in [-0.15, -0.1) is 0 Å². The average molecular weight is 502 g/mol. The van der Waals surface area contributed by atoms with Crippen LogP contribution >= 0.6 is 31.9 Å². The first-order valence-corrected chi connectivity index (χ1v) is 9.91. The molecule has 4 rings (SSSR count). The number of hydrogen-bond acceptors (Lipinski definition) is 4. The summed E-state index contributed by atoms with van der Waals surface area (Å²) < 4.78 is 6.73. The van der Waals surface area contributed by atoms with Crippen LogP contribution in [0.1, 0.15) is 11.1 Å². The lowest BCUT2D eigenvalue weighted by Gasteiger charge is -2.12. The molecule has 140 valence electrons. The third kappa shape index (κ3) is 3.31. The number of rotatable bonds is 3. The zero-order chi connectivity index (χ0) is 19.8. The van der Waals surface area contributed by atoms with Crippen LogP contribution in [0.25, 0.3) is 22.8 Å². The lowest BCUT2D eigenvalue weighted by atomic mass is 9.99. The molecule has 5 nitrogen and oxygen atoms in total. The molecule has 0 saturated heterocycles. The Morgan fingerprint density at radius 2 is 1.89 bits per heavy atom. The Morgan fingerprint density at radius 1 is 1.11 bits per heavy atom. The number of fused-ring (bicyclic) bond motifs is 1. The van der Waals surface area contributed by atoms with Gasteiger partial charge in [-0.2, -0.15) is 0 Å². The fraction of sp³-hybridized carbons (Fsp3) is 0.0476. The summed E-state index contributed by atoms with van der Waals surface area (Å²) in [5.41, 5.74) is 3.34. The molecule has 0 unspecified atom stereocenters. The highest BCUT2D eigenvalue weighted by atomic mass is 79.9. The first-order chi connectivity index (χ1) is 13.5. The quantitative estimate of drug-likeness (QED) is 0.466. The number of anilines is 1. The van der Waals surface area contributed by atoms with E-state index in [9.17, 15) is 9.90 Å². The minimum Gasteiger partial charge on any atom is -0.506 e. The topological polar surface area (TPSA) is 71.5 Å². The summed E-state index contributed by atoms with van der Waals surface area (Å²) in [5.74, 6) is 1.06. The van der Waals surface area contributed by atoms with Crippen molar-refractivity contribution in [1.82, 2.24) is 4.98 Å². The predicted octanol–water partition coefficient (Wildman–Crippen LogP) is 5.48. The molecule has 0 fully saturated rings. The lowest BCUT2D eigenvalue weighted by Crippen LogP contribution is -2.04. The number of methoxy groups -OCH3 is 1. The Balaban J connectivity index is 1.87. The SMILES string of the molecule is COc1ccccc1-c1cc(/C=C2/C(=O)Nc3ncc(Br)cc32)cc(Br)c1O. The van der Waals surface area contributed by atoms with Crippen LogP contribution in [-0.4, -0.2) is 23.1 Å². The first kappa shape index (κ1) is 18.7. The molecular weight excluding hydrogens is 488 g/mol. The third-order valence-electron chi connectivity index (χ3n) is 4.41. The van der Waals surface area contributed by atoms with Crippen LogP contribution < -0.4 is 10.1 Å². The molecular formula is C21H14Br2N2O3. The highest BCUT2D eigenvalue weighted by Crippen LogP contribution is 2.42. The van der Waals surface area contributed by atoms with Crippen molar-refractivity contribution in [2.24, 2.45) is 0 Å². The van der Waals surface area contributed by atoms with Gasteiger partial charge >= 0.3 is 0 Å². The third-order valence-corrected chi connectivity index (χ3v) is 5.45. The van der Waals surface area contributed by atoms with E-state index in [-0.39, 0.29) is 11.7 Å². The summed E-state index contributed by atoms with van der Waals surface area (Å²) >= 11 is 6.80.